The molecule has 0 atom stereocenters. The van der Waals surface area contributed by atoms with Crippen LogP contribution in [-0.2, 0) is 6.54 Å². The molecule has 2 aromatic heterocycles. The zero-order valence-electron chi connectivity index (χ0n) is 7.60. The number of rotatable bonds is 3. The van der Waals surface area contributed by atoms with E-state index in [2.05, 4.69) is 27.1 Å². The van der Waals surface area contributed by atoms with Crippen LogP contribution >= 0.6 is 11.3 Å². The fourth-order valence-corrected chi connectivity index (χ4v) is 1.82. The highest BCUT2D eigenvalue weighted by molar-refractivity contribution is 7.07. The fraction of sp³-hybridized carbons (Fsp3) is 0.100. The number of hydrogen-bond donors (Lipinski definition) is 2. The first kappa shape index (κ1) is 9.02. The number of anilines is 2. The average Bonchev–Trinajstić information content (AvgIpc) is 2.67. The third-order valence-corrected chi connectivity index (χ3v) is 2.59. The van der Waals surface area contributed by atoms with Crippen molar-refractivity contribution in [3.8, 4) is 0 Å². The molecular weight excluding hydrogens is 194 g/mol. The van der Waals surface area contributed by atoms with Crippen molar-refractivity contribution in [2.45, 2.75) is 6.54 Å². The summed E-state index contributed by atoms with van der Waals surface area (Å²) in [5.41, 5.74) is 7.84. The molecule has 2 rings (SSSR count). The molecule has 0 bridgehead atoms. The van der Waals surface area contributed by atoms with Crippen LogP contribution < -0.4 is 11.1 Å². The molecule has 3 nitrogen and oxygen atoms in total. The molecule has 0 aliphatic rings. The Balaban J connectivity index is 1.98. The summed E-state index contributed by atoms with van der Waals surface area (Å²) in [6.07, 6.45) is 1.70. The predicted molar refractivity (Wildman–Crippen MR) is 60.3 cm³/mol. The maximum Gasteiger partial charge on any atom is 0.125 e. The Morgan fingerprint density at radius 2 is 2.36 bits per heavy atom. The Hall–Kier alpha value is -1.55. The smallest absolute Gasteiger partial charge is 0.125 e. The number of nitrogen functional groups attached to an aromatic ring is 1. The molecule has 0 saturated heterocycles. The van der Waals surface area contributed by atoms with Gasteiger partial charge in [0, 0.05) is 24.5 Å². The van der Waals surface area contributed by atoms with Gasteiger partial charge in [-0.05, 0) is 28.5 Å². The van der Waals surface area contributed by atoms with Crippen molar-refractivity contribution in [1.82, 2.24) is 4.98 Å². The second-order valence-electron chi connectivity index (χ2n) is 2.95. The van der Waals surface area contributed by atoms with E-state index in [0.29, 0.717) is 5.82 Å². The lowest BCUT2D eigenvalue weighted by Crippen LogP contribution is -1.99. The maximum absolute atomic E-state index is 5.56. The van der Waals surface area contributed by atoms with Gasteiger partial charge in [-0.15, -0.1) is 0 Å². The van der Waals surface area contributed by atoms with Gasteiger partial charge in [0.15, 0.2) is 0 Å². The average molecular weight is 205 g/mol. The van der Waals surface area contributed by atoms with Gasteiger partial charge in [-0.25, -0.2) is 4.98 Å². The van der Waals surface area contributed by atoms with Crippen LogP contribution in [0, 0.1) is 0 Å². The number of aromatic nitrogens is 1. The van der Waals surface area contributed by atoms with Gasteiger partial charge in [0.2, 0.25) is 0 Å². The highest BCUT2D eigenvalue weighted by Crippen LogP contribution is 2.12. The zero-order valence-corrected chi connectivity index (χ0v) is 8.42. The molecule has 72 valence electrons. The summed E-state index contributed by atoms with van der Waals surface area (Å²) in [6.45, 7) is 0.826. The van der Waals surface area contributed by atoms with Crippen LogP contribution in [0.15, 0.2) is 35.2 Å². The standard InChI is InChI=1S/C10H11N3S/c11-10-5-9(1-3-12-10)13-6-8-2-4-14-7-8/h1-5,7H,6H2,(H3,11,12,13). The molecule has 0 spiro atoms. The first-order chi connectivity index (χ1) is 6.84. The molecule has 2 heterocycles. The molecule has 0 aliphatic carbocycles. The Kier molecular flexibility index (Phi) is 2.65. The minimum Gasteiger partial charge on any atom is -0.384 e. The zero-order chi connectivity index (χ0) is 9.80. The van der Waals surface area contributed by atoms with E-state index in [0.717, 1.165) is 12.2 Å². The maximum atomic E-state index is 5.56. The first-order valence-electron chi connectivity index (χ1n) is 4.31. The second-order valence-corrected chi connectivity index (χ2v) is 3.73. The minimum absolute atomic E-state index is 0.542. The topological polar surface area (TPSA) is 50.9 Å². The normalized spacial score (nSPS) is 10.0. The molecule has 4 heteroatoms. The van der Waals surface area contributed by atoms with Crippen LogP contribution in [0.3, 0.4) is 0 Å². The summed E-state index contributed by atoms with van der Waals surface area (Å²) >= 11 is 1.70. The number of nitrogens with one attached hydrogen (secondary N) is 1. The Morgan fingerprint density at radius 1 is 1.43 bits per heavy atom. The van der Waals surface area contributed by atoms with Crippen LogP contribution in [0.1, 0.15) is 5.56 Å². The van der Waals surface area contributed by atoms with Gasteiger partial charge in [0.25, 0.3) is 0 Å². The van der Waals surface area contributed by atoms with Crippen LogP contribution in [-0.4, -0.2) is 4.98 Å². The lowest BCUT2D eigenvalue weighted by atomic mass is 10.3. The van der Waals surface area contributed by atoms with Crippen molar-refractivity contribution >= 4 is 22.8 Å². The van der Waals surface area contributed by atoms with E-state index in [9.17, 15) is 0 Å². The van der Waals surface area contributed by atoms with Gasteiger partial charge in [-0.3, -0.25) is 0 Å². The van der Waals surface area contributed by atoms with Crippen LogP contribution in [0.4, 0.5) is 11.5 Å². The van der Waals surface area contributed by atoms with E-state index < -0.39 is 0 Å². The molecule has 0 unspecified atom stereocenters. The minimum atomic E-state index is 0.542. The highest BCUT2D eigenvalue weighted by Gasteiger charge is 1.94. The molecule has 0 saturated carbocycles. The molecule has 2 aromatic rings. The van der Waals surface area contributed by atoms with Gasteiger partial charge in [0.1, 0.15) is 5.82 Å². The monoisotopic (exact) mass is 205 g/mol. The van der Waals surface area contributed by atoms with Crippen LogP contribution in [0.25, 0.3) is 0 Å². The first-order valence-corrected chi connectivity index (χ1v) is 5.25. The molecule has 0 aliphatic heterocycles. The van der Waals surface area contributed by atoms with E-state index in [1.165, 1.54) is 5.56 Å². The summed E-state index contributed by atoms with van der Waals surface area (Å²) < 4.78 is 0. The van der Waals surface area contributed by atoms with Gasteiger partial charge in [-0.1, -0.05) is 0 Å². The Bertz CT molecular complexity index is 398. The summed E-state index contributed by atoms with van der Waals surface area (Å²) in [5, 5.41) is 7.46. The lowest BCUT2D eigenvalue weighted by molar-refractivity contribution is 1.16. The molecule has 0 amide bonds. The highest BCUT2D eigenvalue weighted by atomic mass is 32.1. The van der Waals surface area contributed by atoms with Crippen LogP contribution in [0.2, 0.25) is 0 Å². The van der Waals surface area contributed by atoms with Gasteiger partial charge >= 0.3 is 0 Å². The predicted octanol–water partition coefficient (Wildman–Crippen LogP) is 2.34. The van der Waals surface area contributed by atoms with Crippen molar-refractivity contribution in [3.05, 3.63) is 40.7 Å². The van der Waals surface area contributed by atoms with E-state index in [-0.39, 0.29) is 0 Å². The molecular formula is C10H11N3S. The van der Waals surface area contributed by atoms with E-state index in [1.807, 2.05) is 12.1 Å². The number of nitrogens with two attached hydrogens (primary N) is 1. The van der Waals surface area contributed by atoms with Crippen LogP contribution in [0.5, 0.6) is 0 Å². The number of hydrogen-bond acceptors (Lipinski definition) is 4. The van der Waals surface area contributed by atoms with Gasteiger partial charge < -0.3 is 11.1 Å². The third kappa shape index (κ3) is 2.23. The number of nitrogens with zero attached hydrogens (tertiary/aromatic N) is 1. The molecule has 14 heavy (non-hydrogen) atoms. The molecule has 0 aromatic carbocycles. The molecule has 3 N–H and O–H groups in total. The van der Waals surface area contributed by atoms with Gasteiger partial charge in [-0.2, -0.15) is 11.3 Å². The van der Waals surface area contributed by atoms with E-state index in [4.69, 9.17) is 5.73 Å². The van der Waals surface area contributed by atoms with E-state index in [1.54, 1.807) is 17.5 Å². The SMILES string of the molecule is Nc1cc(NCc2ccsc2)ccn1. The van der Waals surface area contributed by atoms with Gasteiger partial charge in [0.05, 0.1) is 0 Å². The van der Waals surface area contributed by atoms with Crippen molar-refractivity contribution in [2.75, 3.05) is 11.1 Å². The van der Waals surface area contributed by atoms with Crippen molar-refractivity contribution in [1.29, 1.82) is 0 Å². The molecule has 0 fully saturated rings. The fourth-order valence-electron chi connectivity index (χ4n) is 1.16. The summed E-state index contributed by atoms with van der Waals surface area (Å²) in [7, 11) is 0. The summed E-state index contributed by atoms with van der Waals surface area (Å²) in [5.74, 6) is 0.542. The van der Waals surface area contributed by atoms with Crippen molar-refractivity contribution < 1.29 is 0 Å². The third-order valence-electron chi connectivity index (χ3n) is 1.86. The quantitative estimate of drug-likeness (QED) is 0.808. The summed E-state index contributed by atoms with van der Waals surface area (Å²) in [6, 6.07) is 5.83. The van der Waals surface area contributed by atoms with Crippen molar-refractivity contribution in [3.63, 3.8) is 0 Å². The number of thiophene rings is 1. The molecule has 0 radical (unpaired) electrons. The summed E-state index contributed by atoms with van der Waals surface area (Å²) in [4.78, 5) is 3.92. The second kappa shape index (κ2) is 4.11. The number of pyridine rings is 1. The Morgan fingerprint density at radius 3 is 3.07 bits per heavy atom. The Labute approximate surface area is 86.6 Å². The lowest BCUT2D eigenvalue weighted by Gasteiger charge is -2.04. The largest absolute Gasteiger partial charge is 0.384 e. The van der Waals surface area contributed by atoms with E-state index >= 15 is 0 Å². The van der Waals surface area contributed by atoms with Crippen molar-refractivity contribution in [2.24, 2.45) is 0 Å².